The minimum absolute atomic E-state index is 0.726. The van der Waals surface area contributed by atoms with Gasteiger partial charge in [0.15, 0.2) is 5.76 Å². The minimum Gasteiger partial charge on any atom is -0.454 e. The first-order chi connectivity index (χ1) is 9.26. The first-order valence-electron chi connectivity index (χ1n) is 6.03. The standard InChI is InChI=1S/C14H12BrN3O/c1-2-16-14-6-4-11(17-18-14)13-8-9-7-10(15)3-5-12(9)19-13/h3-8H,2H2,1H3,(H,16,18). The molecule has 0 aliphatic rings. The highest BCUT2D eigenvalue weighted by atomic mass is 79.9. The summed E-state index contributed by atoms with van der Waals surface area (Å²) in [6, 6.07) is 11.7. The van der Waals surface area contributed by atoms with Gasteiger partial charge in [-0.3, -0.25) is 0 Å². The van der Waals surface area contributed by atoms with Gasteiger partial charge >= 0.3 is 0 Å². The van der Waals surface area contributed by atoms with Gasteiger partial charge in [-0.15, -0.1) is 10.2 Å². The monoisotopic (exact) mass is 317 g/mol. The molecule has 0 saturated carbocycles. The highest BCUT2D eigenvalue weighted by Gasteiger charge is 2.08. The maximum absolute atomic E-state index is 5.77. The molecular weight excluding hydrogens is 306 g/mol. The van der Waals surface area contributed by atoms with Crippen molar-refractivity contribution in [1.82, 2.24) is 10.2 Å². The Bertz CT molecular complexity index is 706. The molecule has 2 heterocycles. The van der Waals surface area contributed by atoms with E-state index in [1.54, 1.807) is 0 Å². The molecule has 96 valence electrons. The Morgan fingerprint density at radius 3 is 2.79 bits per heavy atom. The normalized spacial score (nSPS) is 10.8. The zero-order chi connectivity index (χ0) is 13.2. The van der Waals surface area contributed by atoms with Crippen LogP contribution in [-0.2, 0) is 0 Å². The predicted molar refractivity (Wildman–Crippen MR) is 79.1 cm³/mol. The van der Waals surface area contributed by atoms with Crippen LogP contribution >= 0.6 is 15.9 Å². The van der Waals surface area contributed by atoms with E-state index in [1.807, 2.05) is 43.3 Å². The lowest BCUT2D eigenvalue weighted by Crippen LogP contribution is -2.00. The predicted octanol–water partition coefficient (Wildman–Crippen LogP) is 4.08. The molecule has 0 unspecified atom stereocenters. The van der Waals surface area contributed by atoms with Crippen molar-refractivity contribution in [3.63, 3.8) is 0 Å². The van der Waals surface area contributed by atoms with E-state index in [9.17, 15) is 0 Å². The highest BCUT2D eigenvalue weighted by Crippen LogP contribution is 2.28. The molecule has 0 aliphatic heterocycles. The van der Waals surface area contributed by atoms with Gasteiger partial charge in [-0.2, -0.15) is 0 Å². The zero-order valence-corrected chi connectivity index (χ0v) is 11.9. The van der Waals surface area contributed by atoms with Crippen molar-refractivity contribution in [2.45, 2.75) is 6.92 Å². The van der Waals surface area contributed by atoms with Crippen LogP contribution in [0.1, 0.15) is 6.92 Å². The average molecular weight is 318 g/mol. The van der Waals surface area contributed by atoms with Crippen molar-refractivity contribution < 1.29 is 4.42 Å². The molecule has 0 atom stereocenters. The summed E-state index contributed by atoms with van der Waals surface area (Å²) in [5.74, 6) is 1.49. The van der Waals surface area contributed by atoms with Crippen LogP contribution in [0.2, 0.25) is 0 Å². The molecule has 0 fully saturated rings. The third-order valence-electron chi connectivity index (χ3n) is 2.75. The molecule has 3 aromatic rings. The summed E-state index contributed by atoms with van der Waals surface area (Å²) in [5.41, 5.74) is 1.57. The summed E-state index contributed by atoms with van der Waals surface area (Å²) in [5, 5.41) is 12.4. The molecule has 1 N–H and O–H groups in total. The molecule has 1 aromatic carbocycles. The third kappa shape index (κ3) is 2.46. The van der Waals surface area contributed by atoms with E-state index in [0.29, 0.717) is 0 Å². The molecule has 0 spiro atoms. The largest absolute Gasteiger partial charge is 0.454 e. The van der Waals surface area contributed by atoms with Crippen LogP contribution in [0, 0.1) is 0 Å². The van der Waals surface area contributed by atoms with Gasteiger partial charge < -0.3 is 9.73 Å². The number of anilines is 1. The van der Waals surface area contributed by atoms with E-state index in [2.05, 4.69) is 31.4 Å². The SMILES string of the molecule is CCNc1ccc(-c2cc3cc(Br)ccc3o2)nn1. The van der Waals surface area contributed by atoms with Gasteiger partial charge in [-0.05, 0) is 43.3 Å². The highest BCUT2D eigenvalue weighted by molar-refractivity contribution is 9.10. The van der Waals surface area contributed by atoms with Crippen molar-refractivity contribution in [1.29, 1.82) is 0 Å². The fraction of sp³-hybridized carbons (Fsp3) is 0.143. The number of furan rings is 1. The van der Waals surface area contributed by atoms with E-state index >= 15 is 0 Å². The molecular formula is C14H12BrN3O. The molecule has 0 aliphatic carbocycles. The lowest BCUT2D eigenvalue weighted by atomic mass is 10.2. The number of nitrogens with one attached hydrogen (secondary N) is 1. The molecule has 0 saturated heterocycles. The maximum atomic E-state index is 5.77. The number of rotatable bonds is 3. The lowest BCUT2D eigenvalue weighted by Gasteiger charge is -2.00. The summed E-state index contributed by atoms with van der Waals surface area (Å²) in [4.78, 5) is 0. The smallest absolute Gasteiger partial charge is 0.155 e. The average Bonchev–Trinajstić information content (AvgIpc) is 2.83. The Hall–Kier alpha value is -1.88. The zero-order valence-electron chi connectivity index (χ0n) is 10.4. The van der Waals surface area contributed by atoms with E-state index < -0.39 is 0 Å². The second-order valence-electron chi connectivity index (χ2n) is 4.13. The second-order valence-corrected chi connectivity index (χ2v) is 5.04. The molecule has 4 nitrogen and oxygen atoms in total. The molecule has 0 radical (unpaired) electrons. The van der Waals surface area contributed by atoms with E-state index in [4.69, 9.17) is 4.42 Å². The number of benzene rings is 1. The van der Waals surface area contributed by atoms with Gasteiger partial charge in [0.2, 0.25) is 0 Å². The minimum atomic E-state index is 0.726. The van der Waals surface area contributed by atoms with Gasteiger partial charge in [0.05, 0.1) is 0 Å². The van der Waals surface area contributed by atoms with Gasteiger partial charge in [-0.1, -0.05) is 15.9 Å². The Labute approximate surface area is 119 Å². The summed E-state index contributed by atoms with van der Waals surface area (Å²) in [6.45, 7) is 2.85. The molecule has 0 amide bonds. The van der Waals surface area contributed by atoms with Crippen LogP contribution < -0.4 is 5.32 Å². The molecule has 0 bridgehead atoms. The first kappa shape index (κ1) is 12.2. The van der Waals surface area contributed by atoms with E-state index in [0.717, 1.165) is 39.3 Å². The topological polar surface area (TPSA) is 51.0 Å². The van der Waals surface area contributed by atoms with Gasteiger partial charge in [0, 0.05) is 16.4 Å². The van der Waals surface area contributed by atoms with Crippen LogP contribution in [-0.4, -0.2) is 16.7 Å². The van der Waals surface area contributed by atoms with Crippen LogP contribution in [0.25, 0.3) is 22.4 Å². The Morgan fingerprint density at radius 1 is 1.16 bits per heavy atom. The molecule has 2 aromatic heterocycles. The molecule has 3 rings (SSSR count). The summed E-state index contributed by atoms with van der Waals surface area (Å²) < 4.78 is 6.79. The van der Waals surface area contributed by atoms with Crippen LogP contribution in [0.3, 0.4) is 0 Å². The molecule has 19 heavy (non-hydrogen) atoms. The van der Waals surface area contributed by atoms with Crippen molar-refractivity contribution in [3.05, 3.63) is 40.9 Å². The number of nitrogens with zero attached hydrogens (tertiary/aromatic N) is 2. The van der Waals surface area contributed by atoms with Crippen molar-refractivity contribution in [2.24, 2.45) is 0 Å². The quantitative estimate of drug-likeness (QED) is 0.790. The second kappa shape index (κ2) is 5.01. The van der Waals surface area contributed by atoms with Crippen molar-refractivity contribution >= 4 is 32.7 Å². The van der Waals surface area contributed by atoms with Gasteiger partial charge in [0.1, 0.15) is 17.1 Å². The van der Waals surface area contributed by atoms with Crippen LogP contribution in [0.5, 0.6) is 0 Å². The van der Waals surface area contributed by atoms with E-state index in [1.165, 1.54) is 0 Å². The Kier molecular flexibility index (Phi) is 3.21. The summed E-state index contributed by atoms with van der Waals surface area (Å²) >= 11 is 3.45. The maximum Gasteiger partial charge on any atom is 0.155 e. The van der Waals surface area contributed by atoms with E-state index in [-0.39, 0.29) is 0 Å². The summed E-state index contributed by atoms with van der Waals surface area (Å²) in [6.07, 6.45) is 0. The number of hydrogen-bond donors (Lipinski definition) is 1. The lowest BCUT2D eigenvalue weighted by molar-refractivity contribution is 0.627. The fourth-order valence-electron chi connectivity index (χ4n) is 1.88. The number of hydrogen-bond acceptors (Lipinski definition) is 4. The van der Waals surface area contributed by atoms with Crippen molar-refractivity contribution in [3.8, 4) is 11.5 Å². The van der Waals surface area contributed by atoms with Crippen LogP contribution in [0.4, 0.5) is 5.82 Å². The molecule has 5 heteroatoms. The van der Waals surface area contributed by atoms with Crippen molar-refractivity contribution in [2.75, 3.05) is 11.9 Å². The summed E-state index contributed by atoms with van der Waals surface area (Å²) in [7, 11) is 0. The third-order valence-corrected chi connectivity index (χ3v) is 3.25. The van der Waals surface area contributed by atoms with Gasteiger partial charge in [-0.25, -0.2) is 0 Å². The number of fused-ring (bicyclic) bond motifs is 1. The Morgan fingerprint density at radius 2 is 2.05 bits per heavy atom. The number of aromatic nitrogens is 2. The van der Waals surface area contributed by atoms with Crippen LogP contribution in [0.15, 0.2) is 45.3 Å². The Balaban J connectivity index is 1.99. The number of halogens is 1. The van der Waals surface area contributed by atoms with Gasteiger partial charge in [0.25, 0.3) is 0 Å². The first-order valence-corrected chi connectivity index (χ1v) is 6.82. The fourth-order valence-corrected chi connectivity index (χ4v) is 2.26.